The first kappa shape index (κ1) is 15.9. The zero-order valence-corrected chi connectivity index (χ0v) is 13.7. The van der Waals surface area contributed by atoms with Gasteiger partial charge in [-0.05, 0) is 24.3 Å². The molecule has 1 aromatic carbocycles. The average Bonchev–Trinajstić information content (AvgIpc) is 3.09. The molecule has 2 aromatic heterocycles. The van der Waals surface area contributed by atoms with E-state index in [1.165, 1.54) is 11.3 Å². The summed E-state index contributed by atoms with van der Waals surface area (Å²) in [6, 6.07) is 10.9. The van der Waals surface area contributed by atoms with E-state index in [1.807, 2.05) is 29.6 Å². The molecule has 0 aliphatic heterocycles. The molecule has 122 valence electrons. The Labute approximate surface area is 143 Å². The van der Waals surface area contributed by atoms with Crippen molar-refractivity contribution in [3.8, 4) is 22.8 Å². The van der Waals surface area contributed by atoms with Gasteiger partial charge in [-0.25, -0.2) is 4.98 Å². The average molecular weight is 341 g/mol. The van der Waals surface area contributed by atoms with Crippen molar-refractivity contribution in [1.82, 2.24) is 9.97 Å². The molecular formula is C17H15N3O3S. The molecular weight excluding hydrogens is 326 g/mol. The van der Waals surface area contributed by atoms with Gasteiger partial charge in [0.05, 0.1) is 12.8 Å². The van der Waals surface area contributed by atoms with Crippen molar-refractivity contribution in [3.05, 3.63) is 54.2 Å². The van der Waals surface area contributed by atoms with Gasteiger partial charge in [-0.15, -0.1) is 11.3 Å². The van der Waals surface area contributed by atoms with E-state index in [4.69, 9.17) is 9.47 Å². The highest BCUT2D eigenvalue weighted by atomic mass is 32.1. The van der Waals surface area contributed by atoms with E-state index < -0.39 is 0 Å². The molecule has 24 heavy (non-hydrogen) atoms. The molecule has 1 amide bonds. The van der Waals surface area contributed by atoms with Gasteiger partial charge in [0.2, 0.25) is 0 Å². The van der Waals surface area contributed by atoms with Crippen LogP contribution in [0.5, 0.6) is 11.5 Å². The number of thiazole rings is 1. The number of hydrogen-bond donors (Lipinski definition) is 1. The number of rotatable bonds is 6. The van der Waals surface area contributed by atoms with Gasteiger partial charge < -0.3 is 9.47 Å². The van der Waals surface area contributed by atoms with Gasteiger partial charge in [0.1, 0.15) is 0 Å². The predicted molar refractivity (Wildman–Crippen MR) is 92.5 cm³/mol. The number of nitrogens with zero attached hydrogens (tertiary/aromatic N) is 2. The zero-order valence-electron chi connectivity index (χ0n) is 12.9. The van der Waals surface area contributed by atoms with Gasteiger partial charge in [0.15, 0.2) is 23.2 Å². The summed E-state index contributed by atoms with van der Waals surface area (Å²) >= 11 is 1.36. The van der Waals surface area contributed by atoms with Gasteiger partial charge in [0, 0.05) is 23.3 Å². The molecule has 2 heterocycles. The van der Waals surface area contributed by atoms with Crippen molar-refractivity contribution in [2.75, 3.05) is 19.0 Å². The van der Waals surface area contributed by atoms with E-state index >= 15 is 0 Å². The van der Waals surface area contributed by atoms with E-state index in [9.17, 15) is 4.79 Å². The molecule has 7 heteroatoms. The summed E-state index contributed by atoms with van der Waals surface area (Å²) in [4.78, 5) is 20.4. The smallest absolute Gasteiger partial charge is 0.264 e. The fourth-order valence-electron chi connectivity index (χ4n) is 2.02. The topological polar surface area (TPSA) is 73.3 Å². The van der Waals surface area contributed by atoms with Crippen LogP contribution < -0.4 is 14.8 Å². The number of anilines is 1. The molecule has 0 fully saturated rings. The lowest BCUT2D eigenvalue weighted by atomic mass is 10.2. The van der Waals surface area contributed by atoms with Crippen LogP contribution in [0.2, 0.25) is 0 Å². The highest BCUT2D eigenvalue weighted by Gasteiger charge is 2.10. The van der Waals surface area contributed by atoms with Gasteiger partial charge >= 0.3 is 0 Å². The maximum atomic E-state index is 12.0. The molecule has 3 aromatic rings. The van der Waals surface area contributed by atoms with Crippen LogP contribution in [0.1, 0.15) is 0 Å². The van der Waals surface area contributed by atoms with E-state index in [1.54, 1.807) is 31.6 Å². The summed E-state index contributed by atoms with van der Waals surface area (Å²) < 4.78 is 10.7. The van der Waals surface area contributed by atoms with Crippen LogP contribution in [0.15, 0.2) is 54.2 Å². The number of para-hydroxylation sites is 2. The second-order valence-electron chi connectivity index (χ2n) is 4.76. The number of carbonyl (C=O) groups excluding carboxylic acids is 1. The Hall–Kier alpha value is -2.93. The quantitative estimate of drug-likeness (QED) is 0.745. The number of aromatic nitrogens is 2. The number of methoxy groups -OCH3 is 1. The molecule has 0 bridgehead atoms. The van der Waals surface area contributed by atoms with Gasteiger partial charge in [-0.3, -0.25) is 15.1 Å². The van der Waals surface area contributed by atoms with Crippen molar-refractivity contribution < 1.29 is 14.3 Å². The first-order chi connectivity index (χ1) is 11.8. The van der Waals surface area contributed by atoms with Crippen molar-refractivity contribution in [1.29, 1.82) is 0 Å². The summed E-state index contributed by atoms with van der Waals surface area (Å²) in [6.07, 6.45) is 3.40. The summed E-state index contributed by atoms with van der Waals surface area (Å²) in [5, 5.41) is 5.13. The predicted octanol–water partition coefficient (Wildman–Crippen LogP) is 3.23. The van der Waals surface area contributed by atoms with Gasteiger partial charge in [-0.2, -0.15) is 0 Å². The third-order valence-corrected chi connectivity index (χ3v) is 3.91. The van der Waals surface area contributed by atoms with Crippen LogP contribution >= 0.6 is 11.3 Å². The highest BCUT2D eigenvalue weighted by Crippen LogP contribution is 2.26. The number of benzene rings is 1. The number of ether oxygens (including phenoxy) is 2. The monoisotopic (exact) mass is 341 g/mol. The number of amides is 1. The molecule has 0 aliphatic carbocycles. The standard InChI is InChI=1S/C17H15N3O3S/c1-22-14-4-2-3-5-15(14)23-10-16(21)20-17-19-13(11-24-17)12-6-8-18-9-7-12/h2-9,11H,10H2,1H3,(H,19,20,21). The number of carbonyl (C=O) groups is 1. The van der Waals surface area contributed by atoms with Crippen LogP contribution in [0, 0.1) is 0 Å². The molecule has 0 saturated carbocycles. The molecule has 0 radical (unpaired) electrons. The summed E-state index contributed by atoms with van der Waals surface area (Å²) in [5.74, 6) is 0.822. The number of nitrogens with one attached hydrogen (secondary N) is 1. The summed E-state index contributed by atoms with van der Waals surface area (Å²) in [7, 11) is 1.55. The third kappa shape index (κ3) is 3.88. The SMILES string of the molecule is COc1ccccc1OCC(=O)Nc1nc(-c2ccncc2)cs1. The maximum absolute atomic E-state index is 12.0. The fourth-order valence-corrected chi connectivity index (χ4v) is 2.76. The molecule has 0 spiro atoms. The van der Waals surface area contributed by atoms with Crippen LogP contribution in [0.3, 0.4) is 0 Å². The largest absolute Gasteiger partial charge is 0.493 e. The fraction of sp³-hybridized carbons (Fsp3) is 0.118. The molecule has 0 saturated heterocycles. The second kappa shape index (κ2) is 7.56. The molecule has 0 aliphatic rings. The van der Waals surface area contributed by atoms with Gasteiger partial charge in [-0.1, -0.05) is 12.1 Å². The lowest BCUT2D eigenvalue weighted by Gasteiger charge is -2.09. The summed E-state index contributed by atoms with van der Waals surface area (Å²) in [6.45, 7) is -0.120. The second-order valence-corrected chi connectivity index (χ2v) is 5.62. The Balaban J connectivity index is 1.58. The summed E-state index contributed by atoms with van der Waals surface area (Å²) in [5.41, 5.74) is 1.75. The van der Waals surface area contributed by atoms with Crippen molar-refractivity contribution >= 4 is 22.4 Å². The molecule has 6 nitrogen and oxygen atoms in total. The molecule has 0 atom stereocenters. The van der Waals surface area contributed by atoms with Crippen molar-refractivity contribution in [2.24, 2.45) is 0 Å². The van der Waals surface area contributed by atoms with E-state index in [0.29, 0.717) is 16.6 Å². The normalized spacial score (nSPS) is 10.2. The maximum Gasteiger partial charge on any atom is 0.264 e. The van der Waals surface area contributed by atoms with Crippen molar-refractivity contribution in [3.63, 3.8) is 0 Å². The Bertz CT molecular complexity index is 821. The minimum atomic E-state index is -0.281. The van der Waals surface area contributed by atoms with Gasteiger partial charge in [0.25, 0.3) is 5.91 Å². The minimum Gasteiger partial charge on any atom is -0.493 e. The Morgan fingerprint density at radius 3 is 2.67 bits per heavy atom. The first-order valence-corrected chi connectivity index (χ1v) is 8.06. The van der Waals surface area contributed by atoms with Crippen LogP contribution in [-0.2, 0) is 4.79 Å². The van der Waals surface area contributed by atoms with Crippen LogP contribution in [0.25, 0.3) is 11.3 Å². The first-order valence-electron chi connectivity index (χ1n) is 7.18. The van der Waals surface area contributed by atoms with Crippen LogP contribution in [-0.4, -0.2) is 29.6 Å². The number of pyridine rings is 1. The highest BCUT2D eigenvalue weighted by molar-refractivity contribution is 7.14. The lowest BCUT2D eigenvalue weighted by Crippen LogP contribution is -2.20. The molecule has 3 rings (SSSR count). The van der Waals surface area contributed by atoms with E-state index in [2.05, 4.69) is 15.3 Å². The Kier molecular flexibility index (Phi) is 5.02. The lowest BCUT2D eigenvalue weighted by molar-refractivity contribution is -0.118. The third-order valence-electron chi connectivity index (χ3n) is 3.15. The zero-order chi connectivity index (χ0) is 16.8. The van der Waals surface area contributed by atoms with E-state index in [0.717, 1.165) is 11.3 Å². The van der Waals surface area contributed by atoms with Crippen molar-refractivity contribution in [2.45, 2.75) is 0 Å². The van der Waals surface area contributed by atoms with E-state index in [-0.39, 0.29) is 12.5 Å². The molecule has 1 N–H and O–H groups in total. The van der Waals surface area contributed by atoms with Crippen LogP contribution in [0.4, 0.5) is 5.13 Å². The Morgan fingerprint density at radius 2 is 1.92 bits per heavy atom. The number of hydrogen-bond acceptors (Lipinski definition) is 6. The molecule has 0 unspecified atom stereocenters. The minimum absolute atomic E-state index is 0.120. The Morgan fingerprint density at radius 1 is 1.17 bits per heavy atom.